The van der Waals surface area contributed by atoms with E-state index in [-0.39, 0.29) is 28.6 Å². The van der Waals surface area contributed by atoms with Crippen LogP contribution in [0.15, 0.2) is 105 Å². The quantitative estimate of drug-likeness (QED) is 0.429. The number of hydrogen-bond donors (Lipinski definition) is 0. The van der Waals surface area contributed by atoms with Gasteiger partial charge >= 0.3 is 0 Å². The minimum Gasteiger partial charge on any atom is -0.463 e. The molecule has 0 saturated heterocycles. The Morgan fingerprint density at radius 1 is 0.710 bits per heavy atom. The van der Waals surface area contributed by atoms with Crippen molar-refractivity contribution in [2.24, 2.45) is 9.98 Å². The van der Waals surface area contributed by atoms with E-state index in [1.165, 1.54) is 37.3 Å². The minimum atomic E-state index is -0.334. The molecule has 0 spiro atoms. The first-order valence-electron chi connectivity index (χ1n) is 8.76. The summed E-state index contributed by atoms with van der Waals surface area (Å²) in [6.07, 6.45) is 12.0. The molecule has 0 fully saturated rings. The number of hydrogen-bond acceptors (Lipinski definition) is 6. The van der Waals surface area contributed by atoms with Crippen molar-refractivity contribution in [2.45, 2.75) is 0 Å². The van der Waals surface area contributed by atoms with Gasteiger partial charge in [-0.2, -0.15) is 0 Å². The van der Waals surface area contributed by atoms with Gasteiger partial charge in [0.05, 0.1) is 36.1 Å². The number of carbonyl (C=O) groups is 2. The fourth-order valence-corrected chi connectivity index (χ4v) is 2.10. The summed E-state index contributed by atoms with van der Waals surface area (Å²) in [7, 11) is 0. The molecule has 31 heavy (non-hydrogen) atoms. The Hall–Kier alpha value is -3.95. The normalized spacial score (nSPS) is 10.3. The zero-order chi connectivity index (χ0) is 21.0. The molecule has 2 amide bonds. The second-order valence-corrected chi connectivity index (χ2v) is 5.64. The van der Waals surface area contributed by atoms with Crippen molar-refractivity contribution in [3.8, 4) is 0 Å². The van der Waals surface area contributed by atoms with E-state index in [0.717, 1.165) is 0 Å². The van der Waals surface area contributed by atoms with Crippen LogP contribution in [0.2, 0.25) is 0 Å². The van der Waals surface area contributed by atoms with Gasteiger partial charge in [-0.15, -0.1) is 0 Å². The molecular formula is C22H16CoN4O4. The van der Waals surface area contributed by atoms with Gasteiger partial charge in [-0.25, -0.2) is 9.98 Å². The predicted octanol–water partition coefficient (Wildman–Crippen LogP) is 3.87. The molecule has 0 saturated carbocycles. The average molecular weight is 459 g/mol. The Balaban J connectivity index is 0.000000213. The van der Waals surface area contributed by atoms with Crippen LogP contribution in [0.4, 0.5) is 0 Å². The number of pyridine rings is 2. The van der Waals surface area contributed by atoms with Gasteiger partial charge in [-0.05, 0) is 48.5 Å². The fraction of sp³-hybridized carbons (Fsp3) is 0. The van der Waals surface area contributed by atoms with Crippen molar-refractivity contribution in [3.05, 3.63) is 108 Å². The zero-order valence-electron chi connectivity index (χ0n) is 16.0. The molecule has 0 aliphatic heterocycles. The van der Waals surface area contributed by atoms with E-state index in [2.05, 4.69) is 20.0 Å². The van der Waals surface area contributed by atoms with E-state index in [1.807, 2.05) is 0 Å². The third-order valence-electron chi connectivity index (χ3n) is 3.52. The van der Waals surface area contributed by atoms with E-state index in [4.69, 9.17) is 8.83 Å². The first-order chi connectivity index (χ1) is 14.7. The van der Waals surface area contributed by atoms with Crippen LogP contribution in [0.1, 0.15) is 32.2 Å². The number of aromatic nitrogens is 2. The molecular weight excluding hydrogens is 443 g/mol. The van der Waals surface area contributed by atoms with E-state index >= 15 is 0 Å². The molecule has 0 atom stereocenters. The molecule has 0 aromatic carbocycles. The topological polar surface area (TPSA) is 111 Å². The first kappa shape index (κ1) is 23.3. The van der Waals surface area contributed by atoms with Gasteiger partial charge in [0.1, 0.15) is 11.5 Å². The molecule has 1 radical (unpaired) electrons. The summed E-state index contributed by atoms with van der Waals surface area (Å²) in [6.45, 7) is 0. The number of carbonyl (C=O) groups excluding carboxylic acids is 2. The number of aliphatic imine (C=N–C) groups is 2. The van der Waals surface area contributed by atoms with Crippen molar-refractivity contribution in [1.29, 1.82) is 0 Å². The maximum Gasteiger partial charge on any atom is 0.278 e. The van der Waals surface area contributed by atoms with Gasteiger partial charge in [0.25, 0.3) is 11.8 Å². The Labute approximate surface area is 188 Å². The monoisotopic (exact) mass is 459 g/mol. The Morgan fingerprint density at radius 3 is 1.48 bits per heavy atom. The SMILES string of the molecule is O=C(N=Cc1ccco1)c1cccnc1.O=C(N=Cc1ccco1)c1cccnc1.[Co]. The average Bonchev–Trinajstić information content (AvgIpc) is 3.52. The maximum absolute atomic E-state index is 11.5. The van der Waals surface area contributed by atoms with Crippen LogP contribution in [0.3, 0.4) is 0 Å². The second-order valence-electron chi connectivity index (χ2n) is 5.64. The summed E-state index contributed by atoms with van der Waals surface area (Å²) in [4.78, 5) is 38.1. The summed E-state index contributed by atoms with van der Waals surface area (Å²) in [5, 5.41) is 0. The van der Waals surface area contributed by atoms with E-state index in [0.29, 0.717) is 22.6 Å². The van der Waals surface area contributed by atoms with Gasteiger partial charge in [0.15, 0.2) is 0 Å². The van der Waals surface area contributed by atoms with Crippen LogP contribution in [-0.2, 0) is 16.8 Å². The van der Waals surface area contributed by atoms with Crippen molar-refractivity contribution < 1.29 is 35.2 Å². The molecule has 0 unspecified atom stereocenters. The van der Waals surface area contributed by atoms with Crippen molar-refractivity contribution in [1.82, 2.24) is 9.97 Å². The molecule has 0 bridgehead atoms. The zero-order valence-corrected chi connectivity index (χ0v) is 17.0. The van der Waals surface area contributed by atoms with Gasteiger partial charge in [-0.3, -0.25) is 19.6 Å². The number of amides is 2. The fourth-order valence-electron chi connectivity index (χ4n) is 2.10. The van der Waals surface area contributed by atoms with Crippen LogP contribution < -0.4 is 0 Å². The van der Waals surface area contributed by atoms with E-state index in [9.17, 15) is 9.59 Å². The van der Waals surface area contributed by atoms with Gasteiger partial charge in [0.2, 0.25) is 0 Å². The van der Waals surface area contributed by atoms with Gasteiger partial charge < -0.3 is 8.83 Å². The van der Waals surface area contributed by atoms with Crippen LogP contribution in [-0.4, -0.2) is 34.2 Å². The molecule has 8 nitrogen and oxygen atoms in total. The molecule has 0 N–H and O–H groups in total. The van der Waals surface area contributed by atoms with Crippen molar-refractivity contribution in [3.63, 3.8) is 0 Å². The number of nitrogens with zero attached hydrogens (tertiary/aromatic N) is 4. The number of furan rings is 2. The first-order valence-corrected chi connectivity index (χ1v) is 8.76. The Bertz CT molecular complexity index is 1020. The standard InChI is InChI=1S/2C11H8N2O2.Co/c2*14-11(9-3-1-5-12-7-9)13-8-10-4-2-6-15-10;/h2*1-8H;. The van der Waals surface area contributed by atoms with Crippen LogP contribution in [0.5, 0.6) is 0 Å². The van der Waals surface area contributed by atoms with Crippen LogP contribution in [0.25, 0.3) is 0 Å². The number of rotatable bonds is 4. The largest absolute Gasteiger partial charge is 0.463 e. The third-order valence-corrected chi connectivity index (χ3v) is 3.52. The van der Waals surface area contributed by atoms with Gasteiger partial charge in [0, 0.05) is 41.6 Å². The molecule has 0 aliphatic rings. The van der Waals surface area contributed by atoms with Gasteiger partial charge in [-0.1, -0.05) is 0 Å². The predicted molar refractivity (Wildman–Crippen MR) is 110 cm³/mol. The summed E-state index contributed by atoms with van der Waals surface area (Å²) in [5.41, 5.74) is 0.917. The molecule has 4 aromatic heterocycles. The molecule has 4 heterocycles. The van der Waals surface area contributed by atoms with Crippen molar-refractivity contribution in [2.75, 3.05) is 0 Å². The minimum absolute atomic E-state index is 0. The van der Waals surface area contributed by atoms with Crippen LogP contribution in [0, 0.1) is 0 Å². The molecule has 4 rings (SSSR count). The summed E-state index contributed by atoms with van der Waals surface area (Å²) in [5.74, 6) is 0.429. The smallest absolute Gasteiger partial charge is 0.278 e. The maximum atomic E-state index is 11.5. The van der Waals surface area contributed by atoms with Crippen LogP contribution >= 0.6 is 0 Å². The molecule has 0 aliphatic carbocycles. The summed E-state index contributed by atoms with van der Waals surface area (Å²) in [6, 6.07) is 13.6. The van der Waals surface area contributed by atoms with E-state index in [1.54, 1.807) is 60.9 Å². The second kappa shape index (κ2) is 12.6. The van der Waals surface area contributed by atoms with E-state index < -0.39 is 0 Å². The Kier molecular flexibility index (Phi) is 9.46. The third kappa shape index (κ3) is 7.76. The summed E-state index contributed by atoms with van der Waals surface area (Å²) < 4.78 is 10.0. The molecule has 157 valence electrons. The van der Waals surface area contributed by atoms with Crippen molar-refractivity contribution >= 4 is 24.2 Å². The summed E-state index contributed by atoms with van der Waals surface area (Å²) >= 11 is 0. The molecule has 4 aromatic rings. The molecule has 9 heteroatoms. The Morgan fingerprint density at radius 2 is 1.16 bits per heavy atom.